The van der Waals surface area contributed by atoms with Gasteiger partial charge in [-0.05, 0) is 31.0 Å². The molecule has 0 aliphatic carbocycles. The second kappa shape index (κ2) is 8.04. The maximum atomic E-state index is 12.1. The van der Waals surface area contributed by atoms with Crippen LogP contribution in [0.15, 0.2) is 12.1 Å². The maximum Gasteiger partial charge on any atom is 0.355 e. The second-order valence-electron chi connectivity index (χ2n) is 4.66. The Morgan fingerprint density at radius 1 is 1.45 bits per heavy atom. The number of aromatic amines is 1. The van der Waals surface area contributed by atoms with Crippen LogP contribution in [0.2, 0.25) is 10.0 Å². The number of benzene rings is 1. The standard InChI is InChI=1S/C14H16Cl2N2O3.ClH/c1-2-21-14(20)13-9(5-8(17)6-19)12-10(16)3-7(15)4-11(12)18-13;/h3-4,8,18-19H,2,5-6,17H2,1H3;1H. The van der Waals surface area contributed by atoms with Gasteiger partial charge < -0.3 is 20.6 Å². The molecule has 0 fully saturated rings. The fraction of sp³-hybridized carbons (Fsp3) is 0.357. The molecule has 0 aliphatic rings. The first-order chi connectivity index (χ1) is 9.97. The van der Waals surface area contributed by atoms with Gasteiger partial charge in [-0.15, -0.1) is 12.4 Å². The van der Waals surface area contributed by atoms with Crippen LogP contribution in [0.4, 0.5) is 0 Å². The third kappa shape index (κ3) is 3.86. The Labute approximate surface area is 144 Å². The summed E-state index contributed by atoms with van der Waals surface area (Å²) in [4.78, 5) is 15.0. The molecule has 1 aromatic heterocycles. The summed E-state index contributed by atoms with van der Waals surface area (Å²) >= 11 is 12.2. The molecular formula is C14H17Cl3N2O3. The van der Waals surface area contributed by atoms with Crippen molar-refractivity contribution in [3.05, 3.63) is 33.4 Å². The van der Waals surface area contributed by atoms with E-state index in [4.69, 9.17) is 38.8 Å². The second-order valence-corrected chi connectivity index (χ2v) is 5.50. The minimum Gasteiger partial charge on any atom is -0.461 e. The monoisotopic (exact) mass is 366 g/mol. The molecule has 4 N–H and O–H groups in total. The molecule has 0 aliphatic heterocycles. The molecule has 0 amide bonds. The van der Waals surface area contributed by atoms with E-state index >= 15 is 0 Å². The van der Waals surface area contributed by atoms with E-state index in [1.165, 1.54) is 0 Å². The van der Waals surface area contributed by atoms with E-state index in [0.29, 0.717) is 38.6 Å². The Balaban J connectivity index is 0.00000242. The lowest BCUT2D eigenvalue weighted by Crippen LogP contribution is -2.27. The van der Waals surface area contributed by atoms with Crippen molar-refractivity contribution >= 4 is 52.5 Å². The van der Waals surface area contributed by atoms with Gasteiger partial charge in [-0.2, -0.15) is 0 Å². The van der Waals surface area contributed by atoms with Crippen molar-refractivity contribution in [2.24, 2.45) is 5.73 Å². The van der Waals surface area contributed by atoms with Gasteiger partial charge in [0.05, 0.1) is 18.2 Å². The molecule has 0 spiro atoms. The van der Waals surface area contributed by atoms with Crippen LogP contribution in [-0.2, 0) is 11.2 Å². The van der Waals surface area contributed by atoms with Crippen molar-refractivity contribution in [1.29, 1.82) is 0 Å². The topological polar surface area (TPSA) is 88.3 Å². The van der Waals surface area contributed by atoms with Crippen LogP contribution in [0.5, 0.6) is 0 Å². The zero-order valence-electron chi connectivity index (χ0n) is 11.9. The van der Waals surface area contributed by atoms with Crippen molar-refractivity contribution in [2.45, 2.75) is 19.4 Å². The van der Waals surface area contributed by atoms with E-state index in [2.05, 4.69) is 4.98 Å². The molecule has 0 saturated heterocycles. The number of aliphatic hydroxyl groups is 1. The van der Waals surface area contributed by atoms with Gasteiger partial charge in [-0.3, -0.25) is 0 Å². The minimum absolute atomic E-state index is 0. The number of nitrogens with two attached hydrogens (primary N) is 1. The summed E-state index contributed by atoms with van der Waals surface area (Å²) in [6.07, 6.45) is 0.298. The number of esters is 1. The first kappa shape index (κ1) is 19.1. The summed E-state index contributed by atoms with van der Waals surface area (Å²) in [5.74, 6) is -0.485. The van der Waals surface area contributed by atoms with Gasteiger partial charge in [0, 0.05) is 22.0 Å². The van der Waals surface area contributed by atoms with Crippen molar-refractivity contribution in [2.75, 3.05) is 13.2 Å². The van der Waals surface area contributed by atoms with E-state index in [-0.39, 0.29) is 25.6 Å². The van der Waals surface area contributed by atoms with Crippen molar-refractivity contribution in [1.82, 2.24) is 4.98 Å². The Morgan fingerprint density at radius 3 is 2.73 bits per heavy atom. The lowest BCUT2D eigenvalue weighted by molar-refractivity contribution is 0.0519. The molecule has 5 nitrogen and oxygen atoms in total. The fourth-order valence-corrected chi connectivity index (χ4v) is 2.83. The van der Waals surface area contributed by atoms with Crippen LogP contribution in [0.3, 0.4) is 0 Å². The third-order valence-electron chi connectivity index (χ3n) is 3.10. The van der Waals surface area contributed by atoms with Crippen molar-refractivity contribution in [3.63, 3.8) is 0 Å². The lowest BCUT2D eigenvalue weighted by atomic mass is 10.0. The molecule has 0 bridgehead atoms. The highest BCUT2D eigenvalue weighted by Crippen LogP contribution is 2.33. The number of rotatable bonds is 5. The van der Waals surface area contributed by atoms with E-state index in [9.17, 15) is 4.79 Å². The summed E-state index contributed by atoms with van der Waals surface area (Å²) in [5.41, 5.74) is 7.35. The van der Waals surface area contributed by atoms with Gasteiger partial charge in [0.2, 0.25) is 0 Å². The maximum absolute atomic E-state index is 12.1. The number of hydrogen-bond acceptors (Lipinski definition) is 4. The molecule has 1 heterocycles. The number of aromatic nitrogens is 1. The van der Waals surface area contributed by atoms with E-state index in [1.54, 1.807) is 19.1 Å². The predicted molar refractivity (Wildman–Crippen MR) is 90.3 cm³/mol. The summed E-state index contributed by atoms with van der Waals surface area (Å²) in [6.45, 7) is 1.79. The van der Waals surface area contributed by atoms with Gasteiger partial charge >= 0.3 is 5.97 Å². The molecule has 1 unspecified atom stereocenters. The summed E-state index contributed by atoms with van der Waals surface area (Å²) in [5, 5.41) is 10.7. The average molecular weight is 368 g/mol. The van der Waals surface area contributed by atoms with Crippen LogP contribution in [0.1, 0.15) is 23.0 Å². The van der Waals surface area contributed by atoms with E-state index < -0.39 is 12.0 Å². The van der Waals surface area contributed by atoms with Crippen LogP contribution in [-0.4, -0.2) is 35.3 Å². The zero-order chi connectivity index (χ0) is 15.6. The summed E-state index contributed by atoms with van der Waals surface area (Å²) in [6, 6.07) is 2.78. The Morgan fingerprint density at radius 2 is 2.14 bits per heavy atom. The highest BCUT2D eigenvalue weighted by Gasteiger charge is 2.22. The largest absolute Gasteiger partial charge is 0.461 e. The first-order valence-corrected chi connectivity index (χ1v) is 7.26. The minimum atomic E-state index is -0.496. The summed E-state index contributed by atoms with van der Waals surface area (Å²) in [7, 11) is 0. The molecule has 1 atom stereocenters. The number of carbonyl (C=O) groups excluding carboxylic acids is 1. The number of fused-ring (bicyclic) bond motifs is 1. The van der Waals surface area contributed by atoms with Crippen LogP contribution < -0.4 is 5.73 Å². The van der Waals surface area contributed by atoms with Gasteiger partial charge in [-0.1, -0.05) is 23.2 Å². The number of carbonyl (C=O) groups is 1. The van der Waals surface area contributed by atoms with E-state index in [0.717, 1.165) is 0 Å². The number of ether oxygens (including phenoxy) is 1. The van der Waals surface area contributed by atoms with Crippen molar-refractivity contribution in [3.8, 4) is 0 Å². The smallest absolute Gasteiger partial charge is 0.355 e. The Hall–Kier alpha value is -0.980. The SMILES string of the molecule is CCOC(=O)c1[nH]c2cc(Cl)cc(Cl)c2c1CC(N)CO.Cl. The summed E-state index contributed by atoms with van der Waals surface area (Å²) < 4.78 is 5.03. The molecule has 8 heteroatoms. The molecule has 0 saturated carbocycles. The zero-order valence-corrected chi connectivity index (χ0v) is 14.2. The molecule has 0 radical (unpaired) electrons. The van der Waals surface area contributed by atoms with Crippen molar-refractivity contribution < 1.29 is 14.6 Å². The molecular weight excluding hydrogens is 351 g/mol. The Kier molecular flexibility index (Phi) is 6.97. The normalized spacial score (nSPS) is 12.0. The van der Waals surface area contributed by atoms with Crippen LogP contribution in [0.25, 0.3) is 10.9 Å². The average Bonchev–Trinajstić information content (AvgIpc) is 2.77. The van der Waals surface area contributed by atoms with Crippen LogP contribution >= 0.6 is 35.6 Å². The number of hydrogen-bond donors (Lipinski definition) is 3. The number of H-pyrrole nitrogens is 1. The molecule has 22 heavy (non-hydrogen) atoms. The van der Waals surface area contributed by atoms with Gasteiger partial charge in [0.15, 0.2) is 0 Å². The molecule has 122 valence electrons. The third-order valence-corrected chi connectivity index (χ3v) is 3.61. The predicted octanol–water partition coefficient (Wildman–Crippen LogP) is 2.94. The first-order valence-electron chi connectivity index (χ1n) is 6.51. The number of halogens is 3. The lowest BCUT2D eigenvalue weighted by Gasteiger charge is -2.10. The Bertz CT molecular complexity index is 673. The van der Waals surface area contributed by atoms with Gasteiger partial charge in [0.1, 0.15) is 5.69 Å². The van der Waals surface area contributed by atoms with Crippen LogP contribution in [0, 0.1) is 0 Å². The number of nitrogens with one attached hydrogen (secondary N) is 1. The highest BCUT2D eigenvalue weighted by molar-refractivity contribution is 6.39. The highest BCUT2D eigenvalue weighted by atomic mass is 35.5. The quantitative estimate of drug-likeness (QED) is 0.709. The fourth-order valence-electron chi connectivity index (χ4n) is 2.22. The number of aliphatic hydroxyl groups excluding tert-OH is 1. The van der Waals surface area contributed by atoms with E-state index in [1.807, 2.05) is 0 Å². The van der Waals surface area contributed by atoms with Gasteiger partial charge in [-0.25, -0.2) is 4.79 Å². The molecule has 1 aromatic carbocycles. The molecule has 2 rings (SSSR count). The molecule has 2 aromatic rings. The van der Waals surface area contributed by atoms with Gasteiger partial charge in [0.25, 0.3) is 0 Å².